The molecule has 4 nitrogen and oxygen atoms in total. The van der Waals surface area contributed by atoms with Crippen molar-refractivity contribution in [3.05, 3.63) is 147 Å². The van der Waals surface area contributed by atoms with Crippen molar-refractivity contribution < 1.29 is 19.7 Å². The van der Waals surface area contributed by atoms with Crippen LogP contribution in [0.25, 0.3) is 39.0 Å². The minimum Gasteiger partial charge on any atom is -0.507 e. The molecule has 0 bridgehead atoms. The molecule has 10 rings (SSSR count). The number of benzene rings is 5. The zero-order valence-electron chi connectivity index (χ0n) is 40.4. The lowest BCUT2D eigenvalue weighted by atomic mass is 9.76. The number of fused-ring (bicyclic) bond motifs is 3. The van der Waals surface area contributed by atoms with E-state index in [1.54, 1.807) is 0 Å². The van der Waals surface area contributed by atoms with Gasteiger partial charge in [-0.25, -0.2) is 0 Å². The molecule has 5 aromatic rings. The molecular weight excluding hydrogens is 821 g/mol. The Labute approximate surface area is 400 Å². The molecule has 0 heterocycles. The van der Waals surface area contributed by atoms with Crippen LogP contribution in [-0.2, 0) is 25.7 Å². The number of hydrogen-bond acceptors (Lipinski definition) is 4. The van der Waals surface area contributed by atoms with Gasteiger partial charge in [-0.2, -0.15) is 0 Å². The molecular formula is C63H72O4. The molecule has 4 heteroatoms. The molecule has 2 N–H and O–H groups in total. The summed E-state index contributed by atoms with van der Waals surface area (Å²) in [6, 6.07) is 27.8. The number of phenolic OH excluding ortho intramolecular Hbond substituents is 2. The first-order chi connectivity index (χ1) is 32.8. The maximum absolute atomic E-state index is 12.4. The molecule has 0 aromatic heterocycles. The first-order valence-electron chi connectivity index (χ1n) is 26.2. The molecule has 2 fully saturated rings. The number of phenols is 2. The molecule has 5 aliphatic carbocycles. The highest BCUT2D eigenvalue weighted by molar-refractivity contribution is 5.91. The van der Waals surface area contributed by atoms with Gasteiger partial charge in [0, 0.05) is 33.4 Å². The van der Waals surface area contributed by atoms with Gasteiger partial charge in [0.1, 0.15) is 23.0 Å². The van der Waals surface area contributed by atoms with Crippen molar-refractivity contribution in [1.82, 2.24) is 0 Å². The van der Waals surface area contributed by atoms with Gasteiger partial charge in [0.25, 0.3) is 0 Å². The second kappa shape index (κ2) is 20.4. The lowest BCUT2D eigenvalue weighted by Gasteiger charge is -2.32. The average molecular weight is 893 g/mol. The fourth-order valence-electron chi connectivity index (χ4n) is 12.6. The van der Waals surface area contributed by atoms with E-state index in [9.17, 15) is 10.2 Å². The van der Waals surface area contributed by atoms with Gasteiger partial charge in [0.15, 0.2) is 0 Å². The number of aryl methyl sites for hydroxylation is 4. The normalized spacial score (nSPS) is 21.9. The summed E-state index contributed by atoms with van der Waals surface area (Å²) in [4.78, 5) is 0. The van der Waals surface area contributed by atoms with Crippen LogP contribution in [0.5, 0.6) is 23.0 Å². The summed E-state index contributed by atoms with van der Waals surface area (Å²) in [6.07, 6.45) is 26.6. The van der Waals surface area contributed by atoms with Crippen LogP contribution in [0, 0.1) is 25.7 Å². The van der Waals surface area contributed by atoms with Crippen LogP contribution in [0.3, 0.4) is 0 Å². The third-order valence-electron chi connectivity index (χ3n) is 16.1. The Bertz CT molecular complexity index is 2680. The van der Waals surface area contributed by atoms with E-state index in [2.05, 4.69) is 99.3 Å². The van der Waals surface area contributed by atoms with E-state index < -0.39 is 0 Å². The van der Waals surface area contributed by atoms with Crippen LogP contribution < -0.4 is 9.47 Å². The monoisotopic (exact) mass is 893 g/mol. The highest BCUT2D eigenvalue weighted by atomic mass is 16.5. The summed E-state index contributed by atoms with van der Waals surface area (Å²) in [7, 11) is 0. The molecule has 348 valence electrons. The van der Waals surface area contributed by atoms with Crippen molar-refractivity contribution in [3.8, 4) is 56.4 Å². The summed E-state index contributed by atoms with van der Waals surface area (Å²) in [5.41, 5.74) is 20.1. The van der Waals surface area contributed by atoms with Gasteiger partial charge in [-0.3, -0.25) is 0 Å². The number of para-hydroxylation sites is 2. The third kappa shape index (κ3) is 9.52. The van der Waals surface area contributed by atoms with Gasteiger partial charge < -0.3 is 19.7 Å². The summed E-state index contributed by atoms with van der Waals surface area (Å²) >= 11 is 0. The Morgan fingerprint density at radius 3 is 1.64 bits per heavy atom. The maximum Gasteiger partial charge on any atom is 0.131 e. The third-order valence-corrected chi connectivity index (χ3v) is 16.1. The second-order valence-electron chi connectivity index (χ2n) is 20.8. The number of ether oxygens (including phenoxy) is 2. The molecule has 0 saturated heterocycles. The highest BCUT2D eigenvalue weighted by Gasteiger charge is 2.30. The quantitative estimate of drug-likeness (QED) is 0.147. The molecule has 2 atom stereocenters. The van der Waals surface area contributed by atoms with Crippen molar-refractivity contribution in [2.75, 3.05) is 13.2 Å². The minimum atomic E-state index is 0.319. The Kier molecular flexibility index (Phi) is 13.8. The zero-order chi connectivity index (χ0) is 45.9. The maximum atomic E-state index is 12.4. The molecule has 67 heavy (non-hydrogen) atoms. The van der Waals surface area contributed by atoms with Crippen molar-refractivity contribution in [1.29, 1.82) is 0 Å². The van der Waals surface area contributed by atoms with E-state index in [0.717, 1.165) is 132 Å². The van der Waals surface area contributed by atoms with Crippen molar-refractivity contribution in [3.63, 3.8) is 0 Å². The van der Waals surface area contributed by atoms with E-state index in [4.69, 9.17) is 9.47 Å². The Morgan fingerprint density at radius 1 is 0.507 bits per heavy atom. The summed E-state index contributed by atoms with van der Waals surface area (Å²) in [5, 5.41) is 24.8. The SMILES string of the molecule is C=C1CCCCC/C=C2/CCCC/C2=C/1c1cc(C)cc(-c2ccccc2OCC2CCCC[C@@H]2COc2ccccc2-c2cc(C)cc(-c3c4c(cc5c3CCCC5)CCCC4)c2O)c1O. The topological polar surface area (TPSA) is 58.9 Å². The van der Waals surface area contributed by atoms with Crippen molar-refractivity contribution >= 4 is 5.57 Å². The van der Waals surface area contributed by atoms with Crippen LogP contribution in [0.15, 0.2) is 108 Å². The van der Waals surface area contributed by atoms with Gasteiger partial charge in [-0.05, 0) is 239 Å². The first kappa shape index (κ1) is 45.3. The molecule has 5 aliphatic rings. The minimum absolute atomic E-state index is 0.319. The van der Waals surface area contributed by atoms with E-state index in [1.807, 2.05) is 6.07 Å². The van der Waals surface area contributed by atoms with E-state index in [1.165, 1.54) is 109 Å². The highest BCUT2D eigenvalue weighted by Crippen LogP contribution is 2.50. The number of rotatable bonds is 10. The van der Waals surface area contributed by atoms with Gasteiger partial charge in [-0.15, -0.1) is 0 Å². The van der Waals surface area contributed by atoms with Crippen LogP contribution in [0.2, 0.25) is 0 Å². The fraction of sp³-hybridized carbons (Fsp3) is 0.429. The summed E-state index contributed by atoms with van der Waals surface area (Å²) in [6.45, 7) is 10.2. The Morgan fingerprint density at radius 2 is 1.01 bits per heavy atom. The lowest BCUT2D eigenvalue weighted by molar-refractivity contribution is 0.105. The fourth-order valence-corrected chi connectivity index (χ4v) is 12.6. The number of aromatic hydroxyl groups is 2. The van der Waals surface area contributed by atoms with Crippen LogP contribution in [0.4, 0.5) is 0 Å². The molecule has 1 unspecified atom stereocenters. The molecule has 0 radical (unpaired) electrons. The molecule has 0 amide bonds. The van der Waals surface area contributed by atoms with Gasteiger partial charge in [-0.1, -0.05) is 74.4 Å². The van der Waals surface area contributed by atoms with Crippen LogP contribution in [-0.4, -0.2) is 23.4 Å². The largest absolute Gasteiger partial charge is 0.507 e. The smallest absolute Gasteiger partial charge is 0.131 e. The van der Waals surface area contributed by atoms with Gasteiger partial charge in [0.2, 0.25) is 0 Å². The second-order valence-corrected chi connectivity index (χ2v) is 20.8. The molecule has 0 spiro atoms. The first-order valence-corrected chi connectivity index (χ1v) is 26.2. The van der Waals surface area contributed by atoms with Crippen LogP contribution >= 0.6 is 0 Å². The van der Waals surface area contributed by atoms with E-state index >= 15 is 0 Å². The van der Waals surface area contributed by atoms with E-state index in [0.29, 0.717) is 36.5 Å². The van der Waals surface area contributed by atoms with Gasteiger partial charge >= 0.3 is 0 Å². The zero-order valence-corrected chi connectivity index (χ0v) is 40.4. The molecule has 5 aromatic carbocycles. The Hall–Kier alpha value is -5.48. The lowest BCUT2D eigenvalue weighted by Crippen LogP contribution is -2.30. The molecule has 0 aliphatic heterocycles. The van der Waals surface area contributed by atoms with Crippen molar-refractivity contribution in [2.24, 2.45) is 11.8 Å². The molecule has 2 saturated carbocycles. The van der Waals surface area contributed by atoms with E-state index in [-0.39, 0.29) is 0 Å². The Balaban J connectivity index is 0.906. The van der Waals surface area contributed by atoms with Crippen LogP contribution in [0.1, 0.15) is 148 Å². The number of hydrogen-bond donors (Lipinski definition) is 2. The van der Waals surface area contributed by atoms with Gasteiger partial charge in [0.05, 0.1) is 13.2 Å². The summed E-state index contributed by atoms with van der Waals surface area (Å²) in [5.74, 6) is 2.96. The number of allylic oxidation sites excluding steroid dienone is 5. The standard InChI is InChI=1S/C63H72O4/c1-41-34-54(62(64)56(36-41)60-43(3)20-6-4-5-7-21-44-22-10-13-27-49(44)60)52-30-16-18-32-58(52)66-39-47-25-8-9-26-48(47)40-67-59-33-19-17-31-53(59)55-35-42(2)37-57(63(55)65)61-50-28-14-11-23-45(50)38-46-24-12-15-29-51(46)61/h16-19,21,30-38,47-48,64-65H,3-15,20,22-29,39-40H2,1-2H3/b44-21-,60-49+/t47?,48-/m1/s1. The predicted octanol–water partition coefficient (Wildman–Crippen LogP) is 16.5. The van der Waals surface area contributed by atoms with Crippen molar-refractivity contribution in [2.45, 2.75) is 149 Å². The predicted molar refractivity (Wildman–Crippen MR) is 277 cm³/mol. The summed E-state index contributed by atoms with van der Waals surface area (Å²) < 4.78 is 13.8. The average Bonchev–Trinajstić information content (AvgIpc) is 3.35.